The Labute approximate surface area is 184 Å². The Bertz CT molecular complexity index is 1410. The summed E-state index contributed by atoms with van der Waals surface area (Å²) in [5.74, 6) is 2.89. The summed E-state index contributed by atoms with van der Waals surface area (Å²) in [5.41, 5.74) is 3.05. The Morgan fingerprint density at radius 2 is 1.83 bits per heavy atom. The minimum absolute atomic E-state index is 0.199. The average Bonchev–Trinajstić information content (AvgIpc) is 2.65. The molecule has 146 valence electrons. The van der Waals surface area contributed by atoms with Crippen molar-refractivity contribution in [2.45, 2.75) is 27.7 Å². The number of aliphatic imine (C=N–C) groups is 1. The van der Waals surface area contributed by atoms with Crippen LogP contribution in [0.25, 0.3) is 27.9 Å². The van der Waals surface area contributed by atoms with E-state index < -0.39 is 0 Å². The van der Waals surface area contributed by atoms with Gasteiger partial charge in [0.25, 0.3) is 0 Å². The molecule has 6 nitrogen and oxygen atoms in total. The third-order valence-corrected chi connectivity index (χ3v) is 6.23. The van der Waals surface area contributed by atoms with Crippen LogP contribution in [0.15, 0.2) is 38.2 Å². The van der Waals surface area contributed by atoms with Gasteiger partial charge in [-0.05, 0) is 57.0 Å². The normalized spacial score (nSPS) is 13.8. The predicted molar refractivity (Wildman–Crippen MR) is 123 cm³/mol. The lowest BCUT2D eigenvalue weighted by atomic mass is 9.94. The third-order valence-electron chi connectivity index (χ3n) is 5.06. The molecule has 0 radical (unpaired) electrons. The molecule has 0 bridgehead atoms. The SMILES string of the molecule is Cc1ccc2nc3nc4c(Br)cc(Br)c5n4c(c-3c(=N)c2c1)NC(C(C)(C)C)=N5. The maximum absolute atomic E-state index is 8.98. The Hall–Kier alpha value is -2.32. The number of anilines is 1. The van der Waals surface area contributed by atoms with Crippen LogP contribution in [0.4, 0.5) is 11.6 Å². The molecule has 5 rings (SSSR count). The molecule has 1 aromatic carbocycles. The van der Waals surface area contributed by atoms with Crippen molar-refractivity contribution in [3.63, 3.8) is 0 Å². The zero-order valence-electron chi connectivity index (χ0n) is 16.4. The first-order valence-electron chi connectivity index (χ1n) is 9.21. The van der Waals surface area contributed by atoms with Crippen LogP contribution in [0.5, 0.6) is 0 Å². The first kappa shape index (κ1) is 18.7. The summed E-state index contributed by atoms with van der Waals surface area (Å²) in [6.45, 7) is 8.36. The van der Waals surface area contributed by atoms with Crippen molar-refractivity contribution in [3.05, 3.63) is 44.1 Å². The van der Waals surface area contributed by atoms with Gasteiger partial charge in [-0.2, -0.15) is 0 Å². The van der Waals surface area contributed by atoms with Crippen LogP contribution >= 0.6 is 31.9 Å². The number of benzene rings is 1. The van der Waals surface area contributed by atoms with Gasteiger partial charge in [-0.25, -0.2) is 15.0 Å². The fourth-order valence-electron chi connectivity index (χ4n) is 3.57. The van der Waals surface area contributed by atoms with Crippen LogP contribution in [-0.4, -0.2) is 20.2 Å². The Morgan fingerprint density at radius 3 is 2.55 bits per heavy atom. The number of amidine groups is 1. The Kier molecular flexibility index (Phi) is 3.93. The van der Waals surface area contributed by atoms with Crippen molar-refractivity contribution in [1.82, 2.24) is 14.4 Å². The van der Waals surface area contributed by atoms with Gasteiger partial charge in [-0.15, -0.1) is 0 Å². The summed E-state index contributed by atoms with van der Waals surface area (Å²) in [6.07, 6.45) is 0. The fraction of sp³-hybridized carbons (Fsp3) is 0.238. The van der Waals surface area contributed by atoms with Crippen LogP contribution in [0.3, 0.4) is 0 Å². The largest absolute Gasteiger partial charge is 0.328 e. The predicted octanol–water partition coefficient (Wildman–Crippen LogP) is 5.80. The van der Waals surface area contributed by atoms with Crippen molar-refractivity contribution in [3.8, 4) is 11.4 Å². The molecule has 0 amide bonds. The highest BCUT2D eigenvalue weighted by Gasteiger charge is 2.30. The summed E-state index contributed by atoms with van der Waals surface area (Å²) in [6, 6.07) is 7.91. The molecular weight excluding hydrogens is 496 g/mol. The molecular formula is C21H18Br2N6. The maximum atomic E-state index is 8.98. The van der Waals surface area contributed by atoms with Crippen LogP contribution in [-0.2, 0) is 0 Å². The molecule has 0 fully saturated rings. The Morgan fingerprint density at radius 1 is 1.07 bits per heavy atom. The first-order valence-corrected chi connectivity index (χ1v) is 10.8. The molecule has 2 aromatic rings. The first-order chi connectivity index (χ1) is 13.6. The summed E-state index contributed by atoms with van der Waals surface area (Å²) in [4.78, 5) is 14.5. The molecule has 0 unspecified atom stereocenters. The number of fused-ring (bicyclic) bond motifs is 3. The number of aromatic nitrogens is 3. The molecule has 29 heavy (non-hydrogen) atoms. The number of hydrogen-bond donors (Lipinski definition) is 2. The van der Waals surface area contributed by atoms with E-state index >= 15 is 0 Å². The third kappa shape index (κ3) is 2.73. The molecule has 0 saturated carbocycles. The molecule has 3 aliphatic rings. The number of nitrogens with one attached hydrogen (secondary N) is 2. The molecule has 4 heterocycles. The monoisotopic (exact) mass is 512 g/mol. The highest BCUT2D eigenvalue weighted by molar-refractivity contribution is 9.11. The second-order valence-electron chi connectivity index (χ2n) is 8.32. The minimum atomic E-state index is -0.199. The van der Waals surface area contributed by atoms with E-state index in [1.807, 2.05) is 35.6 Å². The van der Waals surface area contributed by atoms with Crippen molar-refractivity contribution in [2.75, 3.05) is 5.32 Å². The van der Waals surface area contributed by atoms with E-state index in [1.54, 1.807) is 0 Å². The van der Waals surface area contributed by atoms with Crippen molar-refractivity contribution < 1.29 is 0 Å². The molecule has 0 atom stereocenters. The second-order valence-corrected chi connectivity index (χ2v) is 10.0. The van der Waals surface area contributed by atoms with Crippen molar-refractivity contribution in [2.24, 2.45) is 10.4 Å². The van der Waals surface area contributed by atoms with E-state index in [1.165, 1.54) is 0 Å². The van der Waals surface area contributed by atoms with E-state index in [0.717, 1.165) is 42.9 Å². The lowest BCUT2D eigenvalue weighted by Crippen LogP contribution is -2.33. The van der Waals surface area contributed by atoms with Gasteiger partial charge in [-0.3, -0.25) is 9.81 Å². The number of pyridine rings is 2. The van der Waals surface area contributed by atoms with Gasteiger partial charge in [0, 0.05) is 10.8 Å². The van der Waals surface area contributed by atoms with Crippen LogP contribution in [0.2, 0.25) is 0 Å². The summed E-state index contributed by atoms with van der Waals surface area (Å²) >= 11 is 7.27. The number of halogens is 2. The van der Waals surface area contributed by atoms with E-state index in [4.69, 9.17) is 20.4 Å². The number of hydrogen-bond acceptors (Lipinski definition) is 5. The smallest absolute Gasteiger partial charge is 0.168 e. The average molecular weight is 514 g/mol. The lowest BCUT2D eigenvalue weighted by molar-refractivity contribution is 0.587. The van der Waals surface area contributed by atoms with Crippen molar-refractivity contribution >= 4 is 65.9 Å². The van der Waals surface area contributed by atoms with E-state index in [2.05, 4.69) is 57.9 Å². The molecule has 8 heteroatoms. The molecule has 2 N–H and O–H groups in total. The van der Waals surface area contributed by atoms with Crippen molar-refractivity contribution in [1.29, 1.82) is 5.41 Å². The van der Waals surface area contributed by atoms with Gasteiger partial charge in [0.2, 0.25) is 0 Å². The van der Waals surface area contributed by atoms with Gasteiger partial charge in [-0.1, -0.05) is 32.4 Å². The van der Waals surface area contributed by atoms with Gasteiger partial charge < -0.3 is 5.32 Å². The Balaban J connectivity index is 2.03. The lowest BCUT2D eigenvalue weighted by Gasteiger charge is -2.30. The summed E-state index contributed by atoms with van der Waals surface area (Å²) in [7, 11) is 0. The fourth-order valence-corrected chi connectivity index (χ4v) is 4.87. The standard InChI is InChI=1S/C21H18Br2N6/c1-9-5-6-13-10(7-9)15(24)14-16(25-13)26-17-11(22)8-12(23)18-27-20(21(2,3)4)28-19(14)29(17)18/h5-8,24H,1-4H3,(H,27,28). The van der Waals surface area contributed by atoms with Crippen LogP contribution in [0, 0.1) is 17.7 Å². The topological polar surface area (TPSA) is 78.4 Å². The number of rotatable bonds is 0. The quantitative estimate of drug-likeness (QED) is 0.291. The summed E-state index contributed by atoms with van der Waals surface area (Å²) in [5, 5.41) is 13.7. The van der Waals surface area contributed by atoms with Gasteiger partial charge in [0.05, 0.1) is 25.4 Å². The number of nitrogens with zero attached hydrogens (tertiary/aromatic N) is 4. The van der Waals surface area contributed by atoms with Gasteiger partial charge in [0.15, 0.2) is 17.3 Å². The zero-order chi connectivity index (χ0) is 20.7. The second kappa shape index (κ2) is 6.09. The minimum Gasteiger partial charge on any atom is -0.328 e. The highest BCUT2D eigenvalue weighted by atomic mass is 79.9. The van der Waals surface area contributed by atoms with E-state index in [0.29, 0.717) is 22.4 Å². The summed E-state index contributed by atoms with van der Waals surface area (Å²) < 4.78 is 3.63. The zero-order valence-corrected chi connectivity index (χ0v) is 19.5. The molecule has 3 aliphatic heterocycles. The maximum Gasteiger partial charge on any atom is 0.168 e. The van der Waals surface area contributed by atoms with Crippen LogP contribution < -0.4 is 10.7 Å². The van der Waals surface area contributed by atoms with Gasteiger partial charge in [0.1, 0.15) is 11.7 Å². The molecule has 0 spiro atoms. The molecule has 0 aliphatic carbocycles. The van der Waals surface area contributed by atoms with Crippen LogP contribution in [0.1, 0.15) is 26.3 Å². The molecule has 1 aromatic heterocycles. The highest BCUT2D eigenvalue weighted by Crippen LogP contribution is 2.41. The number of aryl methyl sites for hydroxylation is 1. The van der Waals surface area contributed by atoms with E-state index in [-0.39, 0.29) is 5.41 Å². The van der Waals surface area contributed by atoms with Gasteiger partial charge >= 0.3 is 0 Å². The molecule has 0 saturated heterocycles. The van der Waals surface area contributed by atoms with E-state index in [9.17, 15) is 0 Å².